The quantitative estimate of drug-likeness (QED) is 0.917. The SMILES string of the molecule is CS(=O)(=O)C[C@H]1NCCOCC1c1ccc(Cl)c(Cl)c1. The monoisotopic (exact) mass is 337 g/mol. The maximum Gasteiger partial charge on any atom is 0.149 e. The number of rotatable bonds is 3. The summed E-state index contributed by atoms with van der Waals surface area (Å²) in [6.07, 6.45) is 1.24. The zero-order chi connectivity index (χ0) is 14.8. The summed E-state index contributed by atoms with van der Waals surface area (Å²) in [7, 11) is -3.08. The summed E-state index contributed by atoms with van der Waals surface area (Å²) in [5.41, 5.74) is 0.933. The summed E-state index contributed by atoms with van der Waals surface area (Å²) >= 11 is 12.0. The van der Waals surface area contributed by atoms with Gasteiger partial charge >= 0.3 is 0 Å². The molecule has 7 heteroatoms. The highest BCUT2D eigenvalue weighted by molar-refractivity contribution is 7.90. The first kappa shape index (κ1) is 16.0. The zero-order valence-electron chi connectivity index (χ0n) is 11.1. The van der Waals surface area contributed by atoms with Gasteiger partial charge in [0.1, 0.15) is 9.84 Å². The van der Waals surface area contributed by atoms with E-state index in [-0.39, 0.29) is 17.7 Å². The van der Waals surface area contributed by atoms with Crippen molar-refractivity contribution in [3.63, 3.8) is 0 Å². The normalized spacial score (nSPS) is 24.4. The van der Waals surface area contributed by atoms with Gasteiger partial charge in [0, 0.05) is 24.8 Å². The van der Waals surface area contributed by atoms with Crippen LogP contribution < -0.4 is 5.32 Å². The molecular weight excluding hydrogens is 321 g/mol. The van der Waals surface area contributed by atoms with Crippen LogP contribution in [0.15, 0.2) is 18.2 Å². The van der Waals surface area contributed by atoms with Crippen molar-refractivity contribution in [3.8, 4) is 0 Å². The molecule has 2 rings (SSSR count). The molecule has 0 radical (unpaired) electrons. The first-order chi connectivity index (χ1) is 9.37. The van der Waals surface area contributed by atoms with Crippen molar-refractivity contribution in [1.29, 1.82) is 0 Å². The summed E-state index contributed by atoms with van der Waals surface area (Å²) in [6, 6.07) is 5.18. The highest BCUT2D eigenvalue weighted by Crippen LogP contribution is 2.29. The molecule has 1 aliphatic heterocycles. The maximum atomic E-state index is 11.6. The molecule has 0 saturated carbocycles. The van der Waals surface area contributed by atoms with E-state index in [1.165, 1.54) is 6.26 Å². The molecule has 0 aromatic heterocycles. The summed E-state index contributed by atoms with van der Waals surface area (Å²) in [4.78, 5) is 0. The second-order valence-electron chi connectivity index (χ2n) is 5.01. The topological polar surface area (TPSA) is 55.4 Å². The Morgan fingerprint density at radius 2 is 2.10 bits per heavy atom. The largest absolute Gasteiger partial charge is 0.379 e. The van der Waals surface area contributed by atoms with Gasteiger partial charge in [0.2, 0.25) is 0 Å². The minimum atomic E-state index is -3.08. The fourth-order valence-corrected chi connectivity index (χ4v) is 3.67. The summed E-state index contributed by atoms with van der Waals surface area (Å²) in [6.45, 7) is 1.67. The molecule has 1 N–H and O–H groups in total. The van der Waals surface area contributed by atoms with Crippen molar-refractivity contribution in [2.45, 2.75) is 12.0 Å². The van der Waals surface area contributed by atoms with Gasteiger partial charge in [0.15, 0.2) is 0 Å². The number of benzene rings is 1. The molecule has 2 atom stereocenters. The molecule has 1 aromatic rings. The van der Waals surface area contributed by atoms with Crippen LogP contribution in [-0.2, 0) is 14.6 Å². The second kappa shape index (κ2) is 6.62. The average Bonchev–Trinajstić information content (AvgIpc) is 2.56. The number of halogens is 2. The van der Waals surface area contributed by atoms with Gasteiger partial charge in [-0.1, -0.05) is 29.3 Å². The van der Waals surface area contributed by atoms with Gasteiger partial charge in [-0.05, 0) is 17.7 Å². The number of ether oxygens (including phenoxy) is 1. The number of hydrogen-bond acceptors (Lipinski definition) is 4. The fourth-order valence-electron chi connectivity index (χ4n) is 2.36. The third-order valence-electron chi connectivity index (χ3n) is 3.29. The Kier molecular flexibility index (Phi) is 5.31. The molecule has 4 nitrogen and oxygen atoms in total. The molecule has 1 aliphatic rings. The van der Waals surface area contributed by atoms with Crippen LogP contribution in [0.2, 0.25) is 10.0 Å². The van der Waals surface area contributed by atoms with Gasteiger partial charge in [0.05, 0.1) is 29.0 Å². The van der Waals surface area contributed by atoms with Crippen molar-refractivity contribution in [2.75, 3.05) is 31.8 Å². The van der Waals surface area contributed by atoms with Crippen LogP contribution in [0.3, 0.4) is 0 Å². The molecule has 0 bridgehead atoms. The number of hydrogen-bond donors (Lipinski definition) is 1. The van der Waals surface area contributed by atoms with E-state index in [2.05, 4.69) is 5.32 Å². The van der Waals surface area contributed by atoms with Crippen LogP contribution in [0.5, 0.6) is 0 Å². The second-order valence-corrected chi connectivity index (χ2v) is 8.01. The van der Waals surface area contributed by atoms with Crippen molar-refractivity contribution in [2.24, 2.45) is 0 Å². The van der Waals surface area contributed by atoms with Crippen molar-refractivity contribution in [1.82, 2.24) is 5.32 Å². The Morgan fingerprint density at radius 3 is 2.75 bits per heavy atom. The molecular formula is C13H17Cl2NO3S. The van der Waals surface area contributed by atoms with E-state index >= 15 is 0 Å². The highest BCUT2D eigenvalue weighted by Gasteiger charge is 2.28. The number of nitrogens with one attached hydrogen (secondary N) is 1. The van der Waals surface area contributed by atoms with Gasteiger partial charge in [-0.3, -0.25) is 0 Å². The van der Waals surface area contributed by atoms with E-state index in [0.29, 0.717) is 29.8 Å². The molecule has 0 spiro atoms. The summed E-state index contributed by atoms with van der Waals surface area (Å²) < 4.78 is 28.7. The Labute approximate surface area is 129 Å². The minimum Gasteiger partial charge on any atom is -0.379 e. The van der Waals surface area contributed by atoms with Crippen LogP contribution >= 0.6 is 23.2 Å². The molecule has 112 valence electrons. The fraction of sp³-hybridized carbons (Fsp3) is 0.538. The van der Waals surface area contributed by atoms with Crippen molar-refractivity contribution in [3.05, 3.63) is 33.8 Å². The Hall–Kier alpha value is -0.330. The van der Waals surface area contributed by atoms with Crippen molar-refractivity contribution >= 4 is 33.0 Å². The van der Waals surface area contributed by atoms with Gasteiger partial charge in [-0.2, -0.15) is 0 Å². The average molecular weight is 338 g/mol. The molecule has 0 aliphatic carbocycles. The van der Waals surface area contributed by atoms with E-state index in [0.717, 1.165) is 5.56 Å². The molecule has 1 heterocycles. The highest BCUT2D eigenvalue weighted by atomic mass is 35.5. The van der Waals surface area contributed by atoms with Crippen LogP contribution in [0, 0.1) is 0 Å². The lowest BCUT2D eigenvalue weighted by molar-refractivity contribution is 0.138. The predicted octanol–water partition coefficient (Wildman–Crippen LogP) is 2.11. The summed E-state index contributed by atoms with van der Waals surface area (Å²) in [5.74, 6) is 0.00311. The maximum absolute atomic E-state index is 11.6. The minimum absolute atomic E-state index is 0.0676. The first-order valence-electron chi connectivity index (χ1n) is 6.30. The molecule has 1 unspecified atom stereocenters. The van der Waals surface area contributed by atoms with Crippen LogP contribution in [0.4, 0.5) is 0 Å². The zero-order valence-corrected chi connectivity index (χ0v) is 13.4. The van der Waals surface area contributed by atoms with Crippen molar-refractivity contribution < 1.29 is 13.2 Å². The van der Waals surface area contributed by atoms with E-state index in [1.54, 1.807) is 12.1 Å². The Morgan fingerprint density at radius 1 is 1.35 bits per heavy atom. The smallest absolute Gasteiger partial charge is 0.149 e. The van der Waals surface area contributed by atoms with Crippen LogP contribution in [0.25, 0.3) is 0 Å². The summed E-state index contributed by atoms with van der Waals surface area (Å²) in [5, 5.41) is 4.19. The molecule has 1 fully saturated rings. The first-order valence-corrected chi connectivity index (χ1v) is 9.12. The molecule has 20 heavy (non-hydrogen) atoms. The molecule has 1 aromatic carbocycles. The van der Waals surface area contributed by atoms with E-state index in [1.807, 2.05) is 6.07 Å². The lowest BCUT2D eigenvalue weighted by Crippen LogP contribution is -2.40. The van der Waals surface area contributed by atoms with Gasteiger partial charge in [0.25, 0.3) is 0 Å². The lowest BCUT2D eigenvalue weighted by atomic mass is 9.93. The van der Waals surface area contributed by atoms with E-state index in [9.17, 15) is 8.42 Å². The van der Waals surface area contributed by atoms with Crippen LogP contribution in [-0.4, -0.2) is 46.2 Å². The Bertz CT molecular complexity index is 577. The third-order valence-corrected chi connectivity index (χ3v) is 4.99. The Balaban J connectivity index is 2.29. The molecule has 1 saturated heterocycles. The lowest BCUT2D eigenvalue weighted by Gasteiger charge is -2.25. The van der Waals surface area contributed by atoms with Gasteiger partial charge in [-0.15, -0.1) is 0 Å². The number of sulfone groups is 1. The molecule has 0 amide bonds. The predicted molar refractivity (Wildman–Crippen MR) is 81.5 cm³/mol. The standard InChI is InChI=1S/C13H17Cl2NO3S/c1-20(17,18)8-13-10(7-19-5-4-16-13)9-2-3-11(14)12(15)6-9/h2-3,6,10,13,16H,4-5,7-8H2,1H3/t10?,13-/m1/s1. The van der Waals surface area contributed by atoms with E-state index < -0.39 is 9.84 Å². The van der Waals surface area contributed by atoms with Gasteiger partial charge < -0.3 is 10.1 Å². The van der Waals surface area contributed by atoms with Crippen LogP contribution in [0.1, 0.15) is 11.5 Å². The van der Waals surface area contributed by atoms with Gasteiger partial charge in [-0.25, -0.2) is 8.42 Å². The third kappa shape index (κ3) is 4.33. The van der Waals surface area contributed by atoms with E-state index in [4.69, 9.17) is 27.9 Å².